The quantitative estimate of drug-likeness (QED) is 0.631. The van der Waals surface area contributed by atoms with E-state index in [0.29, 0.717) is 19.5 Å². The number of esters is 1. The molecule has 0 radical (unpaired) electrons. The van der Waals surface area contributed by atoms with Crippen LogP contribution in [-0.4, -0.2) is 51.6 Å². The van der Waals surface area contributed by atoms with E-state index in [1.807, 2.05) is 36.4 Å². The summed E-state index contributed by atoms with van der Waals surface area (Å²) >= 11 is 0. The van der Waals surface area contributed by atoms with Crippen molar-refractivity contribution in [2.24, 2.45) is 0 Å². The van der Waals surface area contributed by atoms with Gasteiger partial charge in [0.05, 0.1) is 43.1 Å². The Morgan fingerprint density at radius 2 is 2.14 bits per heavy atom. The standard InChI is InChI=1S/C19H20N6O3/c1-28-19(27)17-11-25(24-23-17)14-8-16(20-10-14)18(26)21-9-13-7-6-12-4-2-3-5-15(12)22-13/h2-7,11,14,16,20H,8-10H2,1H3,(H,21,26)/t14-,16+/m1/s1. The first-order valence-electron chi connectivity index (χ1n) is 9.00. The van der Waals surface area contributed by atoms with Crippen LogP contribution >= 0.6 is 0 Å². The number of methoxy groups -OCH3 is 1. The van der Waals surface area contributed by atoms with Crippen molar-refractivity contribution < 1.29 is 14.3 Å². The van der Waals surface area contributed by atoms with Crippen molar-refractivity contribution in [1.29, 1.82) is 0 Å². The molecule has 1 saturated heterocycles. The molecule has 28 heavy (non-hydrogen) atoms. The normalized spacial score (nSPS) is 18.9. The molecular weight excluding hydrogens is 360 g/mol. The summed E-state index contributed by atoms with van der Waals surface area (Å²) in [5.74, 6) is -0.625. The molecule has 9 heteroatoms. The fourth-order valence-electron chi connectivity index (χ4n) is 3.28. The number of aromatic nitrogens is 4. The molecule has 2 N–H and O–H groups in total. The Bertz CT molecular complexity index is 1020. The van der Waals surface area contributed by atoms with Crippen molar-refractivity contribution in [2.45, 2.75) is 25.0 Å². The minimum absolute atomic E-state index is 0.0551. The molecule has 1 aliphatic heterocycles. The highest BCUT2D eigenvalue weighted by Gasteiger charge is 2.31. The predicted molar refractivity (Wildman–Crippen MR) is 100 cm³/mol. The van der Waals surface area contributed by atoms with Crippen LogP contribution in [-0.2, 0) is 16.1 Å². The van der Waals surface area contributed by atoms with Crippen LogP contribution in [0.4, 0.5) is 0 Å². The number of hydrogen-bond donors (Lipinski definition) is 2. The maximum Gasteiger partial charge on any atom is 0.360 e. The van der Waals surface area contributed by atoms with Crippen LogP contribution in [0.2, 0.25) is 0 Å². The van der Waals surface area contributed by atoms with Gasteiger partial charge in [0.25, 0.3) is 0 Å². The third kappa shape index (κ3) is 3.70. The Morgan fingerprint density at radius 3 is 3.00 bits per heavy atom. The number of hydrogen-bond acceptors (Lipinski definition) is 7. The van der Waals surface area contributed by atoms with E-state index in [-0.39, 0.29) is 23.7 Å². The van der Waals surface area contributed by atoms with E-state index in [1.165, 1.54) is 13.3 Å². The van der Waals surface area contributed by atoms with Gasteiger partial charge in [-0.1, -0.05) is 29.5 Å². The number of nitrogens with one attached hydrogen (secondary N) is 2. The highest BCUT2D eigenvalue weighted by Crippen LogP contribution is 2.19. The van der Waals surface area contributed by atoms with Gasteiger partial charge in [0.15, 0.2) is 5.69 Å². The number of amides is 1. The number of fused-ring (bicyclic) bond motifs is 1. The Kier molecular flexibility index (Phi) is 4.98. The van der Waals surface area contributed by atoms with E-state index < -0.39 is 5.97 Å². The number of carbonyl (C=O) groups is 2. The molecule has 1 aromatic carbocycles. The summed E-state index contributed by atoms with van der Waals surface area (Å²) in [6.45, 7) is 0.929. The summed E-state index contributed by atoms with van der Waals surface area (Å²) in [6, 6.07) is 11.4. The van der Waals surface area contributed by atoms with Gasteiger partial charge >= 0.3 is 5.97 Å². The highest BCUT2D eigenvalue weighted by atomic mass is 16.5. The lowest BCUT2D eigenvalue weighted by molar-refractivity contribution is -0.123. The molecule has 0 spiro atoms. The number of nitrogens with zero attached hydrogens (tertiary/aromatic N) is 4. The molecule has 144 valence electrons. The molecule has 2 aromatic heterocycles. The first kappa shape index (κ1) is 18.1. The third-order valence-corrected chi connectivity index (χ3v) is 4.80. The van der Waals surface area contributed by atoms with Gasteiger partial charge in [-0.05, 0) is 18.6 Å². The topological polar surface area (TPSA) is 111 Å². The third-order valence-electron chi connectivity index (χ3n) is 4.80. The number of carbonyl (C=O) groups excluding carboxylic acids is 2. The van der Waals surface area contributed by atoms with Crippen molar-refractivity contribution in [3.8, 4) is 0 Å². The minimum Gasteiger partial charge on any atom is -0.464 e. The summed E-state index contributed by atoms with van der Waals surface area (Å²) in [5.41, 5.74) is 1.86. The van der Waals surface area contributed by atoms with E-state index in [2.05, 4.69) is 30.7 Å². The van der Waals surface area contributed by atoms with Crippen LogP contribution in [0.5, 0.6) is 0 Å². The SMILES string of the molecule is COC(=O)c1cn([C@H]2CN[C@H](C(=O)NCc3ccc4ccccc4n3)C2)nn1. The minimum atomic E-state index is -0.533. The summed E-state index contributed by atoms with van der Waals surface area (Å²) in [6.07, 6.45) is 2.10. The zero-order valence-electron chi connectivity index (χ0n) is 15.3. The zero-order valence-corrected chi connectivity index (χ0v) is 15.3. The maximum absolute atomic E-state index is 12.5. The van der Waals surface area contributed by atoms with Crippen LogP contribution in [0.1, 0.15) is 28.6 Å². The Morgan fingerprint density at radius 1 is 1.29 bits per heavy atom. The largest absolute Gasteiger partial charge is 0.464 e. The Balaban J connectivity index is 1.34. The van der Waals surface area contributed by atoms with Gasteiger partial charge in [0, 0.05) is 11.9 Å². The van der Waals surface area contributed by atoms with Crippen LogP contribution in [0, 0.1) is 0 Å². The average Bonchev–Trinajstić information content (AvgIpc) is 3.41. The van der Waals surface area contributed by atoms with Crippen LogP contribution in [0.3, 0.4) is 0 Å². The molecule has 0 saturated carbocycles. The lowest BCUT2D eigenvalue weighted by Crippen LogP contribution is -2.40. The van der Waals surface area contributed by atoms with Crippen molar-refractivity contribution in [2.75, 3.05) is 13.7 Å². The van der Waals surface area contributed by atoms with Gasteiger partial charge in [0.2, 0.25) is 5.91 Å². The van der Waals surface area contributed by atoms with Crippen molar-refractivity contribution in [1.82, 2.24) is 30.6 Å². The molecule has 3 aromatic rings. The zero-order chi connectivity index (χ0) is 19.5. The van der Waals surface area contributed by atoms with Gasteiger partial charge in [0.1, 0.15) is 0 Å². The van der Waals surface area contributed by atoms with E-state index in [1.54, 1.807) is 4.68 Å². The van der Waals surface area contributed by atoms with Crippen LogP contribution in [0.25, 0.3) is 10.9 Å². The molecule has 9 nitrogen and oxygen atoms in total. The molecule has 0 bridgehead atoms. The van der Waals surface area contributed by atoms with E-state index >= 15 is 0 Å². The molecule has 2 atom stereocenters. The van der Waals surface area contributed by atoms with Gasteiger partial charge in [-0.3, -0.25) is 9.78 Å². The molecule has 1 fully saturated rings. The second kappa shape index (κ2) is 7.73. The Hall–Kier alpha value is -3.33. The molecule has 1 aliphatic rings. The van der Waals surface area contributed by atoms with Gasteiger partial charge in [-0.15, -0.1) is 5.10 Å². The van der Waals surface area contributed by atoms with Crippen molar-refractivity contribution >= 4 is 22.8 Å². The highest BCUT2D eigenvalue weighted by molar-refractivity contribution is 5.86. The second-order valence-corrected chi connectivity index (χ2v) is 6.64. The van der Waals surface area contributed by atoms with Crippen LogP contribution in [0.15, 0.2) is 42.6 Å². The lowest BCUT2D eigenvalue weighted by Gasteiger charge is -2.11. The molecule has 3 heterocycles. The smallest absolute Gasteiger partial charge is 0.360 e. The number of pyridine rings is 1. The summed E-state index contributed by atoms with van der Waals surface area (Å²) in [7, 11) is 1.29. The first-order valence-corrected chi connectivity index (χ1v) is 9.00. The molecule has 1 amide bonds. The second-order valence-electron chi connectivity index (χ2n) is 6.64. The monoisotopic (exact) mass is 380 g/mol. The number of para-hydroxylation sites is 1. The summed E-state index contributed by atoms with van der Waals surface area (Å²) < 4.78 is 6.23. The fraction of sp³-hybridized carbons (Fsp3) is 0.316. The van der Waals surface area contributed by atoms with Crippen molar-refractivity contribution in [3.05, 3.63) is 54.0 Å². The maximum atomic E-state index is 12.5. The van der Waals surface area contributed by atoms with E-state index in [4.69, 9.17) is 0 Å². The molecule has 0 unspecified atom stereocenters. The Labute approximate surface area is 161 Å². The van der Waals surface area contributed by atoms with Gasteiger partial charge < -0.3 is 15.4 Å². The number of benzene rings is 1. The number of ether oxygens (including phenoxy) is 1. The van der Waals surface area contributed by atoms with E-state index in [0.717, 1.165) is 16.6 Å². The summed E-state index contributed by atoms with van der Waals surface area (Å²) in [4.78, 5) is 28.6. The van der Waals surface area contributed by atoms with E-state index in [9.17, 15) is 9.59 Å². The first-order chi connectivity index (χ1) is 13.6. The predicted octanol–water partition coefficient (Wildman–Crippen LogP) is 0.832. The molecule has 0 aliphatic carbocycles. The molecular formula is C19H20N6O3. The van der Waals surface area contributed by atoms with Gasteiger partial charge in [-0.25, -0.2) is 9.48 Å². The van der Waals surface area contributed by atoms with Crippen molar-refractivity contribution in [3.63, 3.8) is 0 Å². The average molecular weight is 380 g/mol. The summed E-state index contributed by atoms with van der Waals surface area (Å²) in [5, 5.41) is 15.0. The van der Waals surface area contributed by atoms with Gasteiger partial charge in [-0.2, -0.15) is 0 Å². The lowest BCUT2D eigenvalue weighted by atomic mass is 10.1. The number of rotatable bonds is 5. The fourth-order valence-corrected chi connectivity index (χ4v) is 3.28. The van der Waals surface area contributed by atoms with Crippen LogP contribution < -0.4 is 10.6 Å². The molecule has 4 rings (SSSR count).